The van der Waals surface area contributed by atoms with Gasteiger partial charge in [0, 0.05) is 15.7 Å². The van der Waals surface area contributed by atoms with Crippen LogP contribution in [-0.4, -0.2) is 29.4 Å². The van der Waals surface area contributed by atoms with E-state index in [1.807, 2.05) is 0 Å². The molecular weight excluding hydrogens is 412 g/mol. The zero-order valence-electron chi connectivity index (χ0n) is 15.0. The molecule has 0 saturated heterocycles. The largest absolute Gasteiger partial charge is 0.324 e. The van der Waals surface area contributed by atoms with E-state index >= 15 is 0 Å². The Hall–Kier alpha value is -2.80. The number of nitrogens with one attached hydrogen (secondary N) is 1. The Morgan fingerprint density at radius 1 is 1.15 bits per heavy atom. The number of Topliss-reactive ketones (excluding diaryl/α,β-unsaturated/α-hetero) is 2. The molecule has 2 aromatic rings. The first-order chi connectivity index (χ1) is 12.7. The van der Waals surface area contributed by atoms with Crippen molar-refractivity contribution in [3.8, 4) is 0 Å². The van der Waals surface area contributed by atoms with Crippen LogP contribution in [0.2, 0.25) is 0 Å². The maximum Gasteiger partial charge on any atom is 0.300 e. The number of fused-ring (bicyclic) bond motifs is 1. The Morgan fingerprint density at radius 3 is 2.52 bits per heavy atom. The number of anilines is 2. The molecule has 0 radical (unpaired) electrons. The Bertz CT molecular complexity index is 999. The van der Waals surface area contributed by atoms with E-state index in [9.17, 15) is 19.2 Å². The van der Waals surface area contributed by atoms with E-state index in [1.54, 1.807) is 50.2 Å². The van der Waals surface area contributed by atoms with Crippen LogP contribution in [0.5, 0.6) is 0 Å². The first-order valence-electron chi connectivity index (χ1n) is 8.30. The third-order valence-corrected chi connectivity index (χ3v) is 4.93. The summed E-state index contributed by atoms with van der Waals surface area (Å²) in [7, 11) is 0. The van der Waals surface area contributed by atoms with Crippen LogP contribution >= 0.6 is 15.9 Å². The van der Waals surface area contributed by atoms with Gasteiger partial charge >= 0.3 is 0 Å². The maximum absolute atomic E-state index is 12.7. The van der Waals surface area contributed by atoms with Gasteiger partial charge in [-0.3, -0.25) is 24.1 Å². The van der Waals surface area contributed by atoms with Crippen molar-refractivity contribution < 1.29 is 19.2 Å². The minimum atomic E-state index is -0.899. The van der Waals surface area contributed by atoms with Gasteiger partial charge in [0.25, 0.3) is 11.7 Å². The maximum atomic E-state index is 12.7. The van der Waals surface area contributed by atoms with Gasteiger partial charge in [-0.05, 0) is 50.6 Å². The molecule has 1 unspecified atom stereocenters. The second-order valence-electron chi connectivity index (χ2n) is 6.43. The van der Waals surface area contributed by atoms with Crippen molar-refractivity contribution in [3.63, 3.8) is 0 Å². The molecule has 1 aliphatic heterocycles. The highest BCUT2D eigenvalue weighted by atomic mass is 79.9. The lowest BCUT2D eigenvalue weighted by Crippen LogP contribution is -2.45. The molecule has 1 aliphatic rings. The van der Waals surface area contributed by atoms with E-state index in [1.165, 1.54) is 11.8 Å². The van der Waals surface area contributed by atoms with Crippen LogP contribution in [0.25, 0.3) is 0 Å². The van der Waals surface area contributed by atoms with Crippen molar-refractivity contribution >= 4 is 50.7 Å². The molecule has 27 heavy (non-hydrogen) atoms. The highest BCUT2D eigenvalue weighted by Gasteiger charge is 2.41. The highest BCUT2D eigenvalue weighted by molar-refractivity contribution is 9.10. The van der Waals surface area contributed by atoms with Crippen molar-refractivity contribution in [2.45, 2.75) is 26.8 Å². The number of hydrogen-bond donors (Lipinski definition) is 1. The molecule has 0 aromatic heterocycles. The van der Waals surface area contributed by atoms with Gasteiger partial charge in [-0.2, -0.15) is 0 Å². The predicted molar refractivity (Wildman–Crippen MR) is 105 cm³/mol. The average molecular weight is 429 g/mol. The van der Waals surface area contributed by atoms with E-state index in [2.05, 4.69) is 21.2 Å². The molecule has 1 N–H and O–H groups in total. The summed E-state index contributed by atoms with van der Waals surface area (Å²) in [4.78, 5) is 50.3. The Morgan fingerprint density at radius 2 is 1.85 bits per heavy atom. The van der Waals surface area contributed by atoms with Gasteiger partial charge in [0.2, 0.25) is 5.91 Å². The first-order valence-corrected chi connectivity index (χ1v) is 9.10. The summed E-state index contributed by atoms with van der Waals surface area (Å²) in [5, 5.41) is 2.71. The number of benzene rings is 2. The number of ketones is 2. The third-order valence-electron chi connectivity index (χ3n) is 4.47. The summed E-state index contributed by atoms with van der Waals surface area (Å²) in [5.41, 5.74) is 2.37. The van der Waals surface area contributed by atoms with Crippen LogP contribution in [-0.2, 0) is 9.59 Å². The van der Waals surface area contributed by atoms with E-state index in [0.29, 0.717) is 21.4 Å². The van der Waals surface area contributed by atoms with Gasteiger partial charge in [-0.1, -0.05) is 28.1 Å². The average Bonchev–Trinajstić information content (AvgIpc) is 2.86. The highest BCUT2D eigenvalue weighted by Crippen LogP contribution is 2.36. The number of hydrogen-bond acceptors (Lipinski definition) is 4. The van der Waals surface area contributed by atoms with Crippen LogP contribution in [0.1, 0.15) is 40.1 Å². The van der Waals surface area contributed by atoms with Gasteiger partial charge in [0.15, 0.2) is 5.78 Å². The molecule has 1 heterocycles. The van der Waals surface area contributed by atoms with Crippen LogP contribution in [0, 0.1) is 6.92 Å². The Balaban J connectivity index is 1.90. The standard InChI is InChI=1S/C20H17BrN2O4/c1-10-7-14(21)9-16-17(10)23(20(27)18(16)25)11(2)19(26)22-15-6-4-5-13(8-15)12(3)24/h4-9,11H,1-3H3,(H,22,26). The normalized spacial score (nSPS) is 14.1. The van der Waals surface area contributed by atoms with Crippen LogP contribution in [0.4, 0.5) is 11.4 Å². The molecule has 1 atom stereocenters. The molecule has 0 aliphatic carbocycles. The first kappa shape index (κ1) is 19.0. The molecule has 2 amide bonds. The van der Waals surface area contributed by atoms with Gasteiger partial charge in [-0.25, -0.2) is 0 Å². The zero-order chi connectivity index (χ0) is 19.9. The third kappa shape index (κ3) is 3.42. The number of carbonyl (C=O) groups excluding carboxylic acids is 4. The molecule has 3 rings (SSSR count). The minimum Gasteiger partial charge on any atom is -0.324 e. The smallest absolute Gasteiger partial charge is 0.300 e. The van der Waals surface area contributed by atoms with Gasteiger partial charge < -0.3 is 5.32 Å². The van der Waals surface area contributed by atoms with Crippen molar-refractivity contribution in [2.75, 3.05) is 10.2 Å². The molecule has 138 valence electrons. The lowest BCUT2D eigenvalue weighted by atomic mass is 10.1. The molecule has 0 spiro atoms. The van der Waals surface area contributed by atoms with E-state index in [0.717, 1.165) is 5.56 Å². The topological polar surface area (TPSA) is 83.6 Å². The fourth-order valence-corrected chi connectivity index (χ4v) is 3.68. The van der Waals surface area contributed by atoms with Crippen molar-refractivity contribution in [3.05, 3.63) is 57.6 Å². The number of amides is 2. The zero-order valence-corrected chi connectivity index (χ0v) is 16.6. The predicted octanol–water partition coefficient (Wildman–Crippen LogP) is 3.52. The Kier molecular flexibility index (Phi) is 4.97. The summed E-state index contributed by atoms with van der Waals surface area (Å²) in [6.45, 7) is 4.78. The quantitative estimate of drug-likeness (QED) is 0.596. The van der Waals surface area contributed by atoms with Crippen LogP contribution in [0.15, 0.2) is 40.9 Å². The van der Waals surface area contributed by atoms with Gasteiger partial charge in [-0.15, -0.1) is 0 Å². The van der Waals surface area contributed by atoms with Crippen molar-refractivity contribution in [2.24, 2.45) is 0 Å². The molecule has 2 aromatic carbocycles. The molecule has 0 fully saturated rings. The lowest BCUT2D eigenvalue weighted by Gasteiger charge is -2.25. The summed E-state index contributed by atoms with van der Waals surface area (Å²) in [6.07, 6.45) is 0. The summed E-state index contributed by atoms with van der Waals surface area (Å²) in [5.74, 6) is -1.93. The van der Waals surface area contributed by atoms with E-state index in [-0.39, 0.29) is 11.3 Å². The number of aryl methyl sites for hydroxylation is 1. The molecule has 0 bridgehead atoms. The fraction of sp³-hybridized carbons (Fsp3) is 0.200. The Labute approximate surface area is 164 Å². The van der Waals surface area contributed by atoms with Crippen molar-refractivity contribution in [1.82, 2.24) is 0 Å². The molecule has 7 heteroatoms. The summed E-state index contributed by atoms with van der Waals surface area (Å²) >= 11 is 3.32. The number of rotatable bonds is 4. The summed E-state index contributed by atoms with van der Waals surface area (Å²) in [6, 6.07) is 9.02. The second kappa shape index (κ2) is 7.08. The fourth-order valence-electron chi connectivity index (χ4n) is 3.10. The van der Waals surface area contributed by atoms with E-state index < -0.39 is 23.6 Å². The van der Waals surface area contributed by atoms with Gasteiger partial charge in [0.1, 0.15) is 6.04 Å². The summed E-state index contributed by atoms with van der Waals surface area (Å²) < 4.78 is 0.694. The lowest BCUT2D eigenvalue weighted by molar-refractivity contribution is -0.120. The van der Waals surface area contributed by atoms with Crippen LogP contribution < -0.4 is 10.2 Å². The monoisotopic (exact) mass is 428 g/mol. The molecule has 6 nitrogen and oxygen atoms in total. The SMILES string of the molecule is CC(=O)c1cccc(NC(=O)C(C)N2C(=O)C(=O)c3cc(Br)cc(C)c32)c1. The number of nitrogens with zero attached hydrogens (tertiary/aromatic N) is 1. The van der Waals surface area contributed by atoms with E-state index in [4.69, 9.17) is 0 Å². The molecule has 0 saturated carbocycles. The molecular formula is C20H17BrN2O4. The van der Waals surface area contributed by atoms with Crippen molar-refractivity contribution in [1.29, 1.82) is 0 Å². The minimum absolute atomic E-state index is 0.116. The number of carbonyl (C=O) groups is 4. The number of halogens is 1. The second-order valence-corrected chi connectivity index (χ2v) is 7.34. The van der Waals surface area contributed by atoms with Crippen LogP contribution in [0.3, 0.4) is 0 Å². The van der Waals surface area contributed by atoms with Gasteiger partial charge in [0.05, 0.1) is 11.3 Å².